The molecular weight excluding hydrogens is 248 g/mol. The minimum absolute atomic E-state index is 0.0419. The highest BCUT2D eigenvalue weighted by molar-refractivity contribution is 7.99. The second-order valence-electron chi connectivity index (χ2n) is 3.68. The molecule has 0 N–H and O–H groups in total. The number of hydrogen-bond acceptors (Lipinski definition) is 4. The number of nitro groups is 1. The normalized spacial score (nSPS) is 10.2. The third-order valence-corrected chi connectivity index (χ3v) is 3.46. The van der Waals surface area contributed by atoms with E-state index in [1.165, 1.54) is 11.8 Å². The second-order valence-corrected chi connectivity index (χ2v) is 4.75. The molecule has 0 saturated carbocycles. The molecule has 0 atom stereocenters. The summed E-state index contributed by atoms with van der Waals surface area (Å²) in [6.07, 6.45) is 2.19. The van der Waals surface area contributed by atoms with Crippen LogP contribution in [-0.4, -0.2) is 16.5 Å². The Hall–Kier alpha value is -1.88. The Bertz CT molecular complexity index is 532. The summed E-state index contributed by atoms with van der Waals surface area (Å²) in [5, 5.41) is 11.3. The number of benzene rings is 1. The van der Waals surface area contributed by atoms with Crippen molar-refractivity contribution in [1.82, 2.24) is 4.98 Å². The molecule has 0 aliphatic rings. The number of aromatic nitrogens is 1. The van der Waals surface area contributed by atoms with Crippen LogP contribution in [0.15, 0.2) is 58.6 Å². The SMILES string of the molecule is O=[N+]([O-])CCc1ccccc1Sc1ccccn1. The highest BCUT2D eigenvalue weighted by Crippen LogP contribution is 2.28. The highest BCUT2D eigenvalue weighted by Gasteiger charge is 2.07. The molecule has 2 rings (SSSR count). The van der Waals surface area contributed by atoms with Gasteiger partial charge in [-0.3, -0.25) is 10.1 Å². The zero-order valence-corrected chi connectivity index (χ0v) is 10.5. The molecule has 0 amide bonds. The molecule has 0 bridgehead atoms. The van der Waals surface area contributed by atoms with Crippen LogP contribution in [0, 0.1) is 10.1 Å². The standard InChI is InChI=1S/C13H12N2O2S/c16-15(17)10-8-11-5-1-2-6-12(11)18-13-7-3-4-9-14-13/h1-7,9H,8,10H2. The van der Waals surface area contributed by atoms with Gasteiger partial charge in [0.2, 0.25) is 6.54 Å². The first-order valence-corrected chi connectivity index (χ1v) is 6.36. The monoisotopic (exact) mass is 260 g/mol. The molecule has 4 nitrogen and oxygen atoms in total. The van der Waals surface area contributed by atoms with E-state index in [-0.39, 0.29) is 11.5 Å². The van der Waals surface area contributed by atoms with Crippen LogP contribution < -0.4 is 0 Å². The Morgan fingerprint density at radius 2 is 1.94 bits per heavy atom. The first-order valence-electron chi connectivity index (χ1n) is 5.54. The summed E-state index contributed by atoms with van der Waals surface area (Å²) in [6, 6.07) is 13.4. The van der Waals surface area contributed by atoms with E-state index in [1.54, 1.807) is 6.20 Å². The Morgan fingerprint density at radius 3 is 2.67 bits per heavy atom. The summed E-state index contributed by atoms with van der Waals surface area (Å²) in [5.41, 5.74) is 0.991. The number of nitrogens with zero attached hydrogens (tertiary/aromatic N) is 2. The summed E-state index contributed by atoms with van der Waals surface area (Å²) in [4.78, 5) is 15.4. The maximum absolute atomic E-state index is 10.4. The van der Waals surface area contributed by atoms with Gasteiger partial charge in [-0.1, -0.05) is 36.0 Å². The molecule has 1 heterocycles. The molecule has 92 valence electrons. The summed E-state index contributed by atoms with van der Waals surface area (Å²) < 4.78 is 0. The summed E-state index contributed by atoms with van der Waals surface area (Å²) >= 11 is 1.53. The average Bonchev–Trinajstić information content (AvgIpc) is 2.39. The van der Waals surface area contributed by atoms with Crippen molar-refractivity contribution in [1.29, 1.82) is 0 Å². The van der Waals surface area contributed by atoms with Crippen molar-refractivity contribution >= 4 is 11.8 Å². The van der Waals surface area contributed by atoms with E-state index < -0.39 is 0 Å². The van der Waals surface area contributed by atoms with Gasteiger partial charge in [0.1, 0.15) is 5.03 Å². The van der Waals surface area contributed by atoms with Crippen molar-refractivity contribution in [3.63, 3.8) is 0 Å². The first kappa shape index (κ1) is 12.6. The van der Waals surface area contributed by atoms with Gasteiger partial charge in [0, 0.05) is 22.4 Å². The van der Waals surface area contributed by atoms with Crippen molar-refractivity contribution in [3.05, 3.63) is 64.3 Å². The predicted octanol–water partition coefficient (Wildman–Crippen LogP) is 3.05. The van der Waals surface area contributed by atoms with E-state index in [9.17, 15) is 10.1 Å². The Kier molecular flexibility index (Phi) is 4.30. The Balaban J connectivity index is 2.14. The molecule has 0 fully saturated rings. The molecule has 2 aromatic rings. The van der Waals surface area contributed by atoms with E-state index in [0.29, 0.717) is 6.42 Å². The summed E-state index contributed by atoms with van der Waals surface area (Å²) in [5.74, 6) is 0. The molecule has 5 heteroatoms. The van der Waals surface area contributed by atoms with E-state index in [1.807, 2.05) is 42.5 Å². The Labute approximate surface area is 109 Å². The molecule has 0 unspecified atom stereocenters. The number of hydrogen-bond donors (Lipinski definition) is 0. The topological polar surface area (TPSA) is 56.0 Å². The zero-order valence-electron chi connectivity index (χ0n) is 9.65. The van der Waals surface area contributed by atoms with Crippen molar-refractivity contribution in [2.75, 3.05) is 6.54 Å². The predicted molar refractivity (Wildman–Crippen MR) is 70.4 cm³/mol. The third kappa shape index (κ3) is 3.56. The van der Waals surface area contributed by atoms with Crippen molar-refractivity contribution in [2.24, 2.45) is 0 Å². The van der Waals surface area contributed by atoms with Crippen molar-refractivity contribution < 1.29 is 4.92 Å². The van der Waals surface area contributed by atoms with Crippen LogP contribution in [0.4, 0.5) is 0 Å². The minimum atomic E-state index is -0.289. The maximum atomic E-state index is 10.4. The molecule has 0 aliphatic heterocycles. The highest BCUT2D eigenvalue weighted by atomic mass is 32.2. The maximum Gasteiger partial charge on any atom is 0.207 e. The average molecular weight is 260 g/mol. The number of rotatable bonds is 5. The van der Waals surface area contributed by atoms with E-state index in [2.05, 4.69) is 4.98 Å². The zero-order chi connectivity index (χ0) is 12.8. The fourth-order valence-electron chi connectivity index (χ4n) is 1.54. The molecule has 1 aromatic carbocycles. The quantitative estimate of drug-likeness (QED) is 0.612. The van der Waals surface area contributed by atoms with Gasteiger partial charge in [0.15, 0.2) is 0 Å². The van der Waals surface area contributed by atoms with Crippen molar-refractivity contribution in [2.45, 2.75) is 16.3 Å². The first-order chi connectivity index (χ1) is 8.75. The number of pyridine rings is 1. The lowest BCUT2D eigenvalue weighted by molar-refractivity contribution is -0.479. The second kappa shape index (κ2) is 6.16. The van der Waals surface area contributed by atoms with Gasteiger partial charge >= 0.3 is 0 Å². The van der Waals surface area contributed by atoms with Crippen molar-refractivity contribution in [3.8, 4) is 0 Å². The molecule has 0 radical (unpaired) electrons. The molecule has 18 heavy (non-hydrogen) atoms. The molecule has 1 aromatic heterocycles. The van der Waals surface area contributed by atoms with Gasteiger partial charge in [-0.15, -0.1) is 0 Å². The fourth-order valence-corrected chi connectivity index (χ4v) is 2.48. The van der Waals surface area contributed by atoms with Gasteiger partial charge in [0.25, 0.3) is 0 Å². The lowest BCUT2D eigenvalue weighted by atomic mass is 10.1. The van der Waals surface area contributed by atoms with Gasteiger partial charge in [-0.2, -0.15) is 0 Å². The van der Waals surface area contributed by atoms with E-state index >= 15 is 0 Å². The molecular formula is C13H12N2O2S. The fraction of sp³-hybridized carbons (Fsp3) is 0.154. The minimum Gasteiger partial charge on any atom is -0.265 e. The Morgan fingerprint density at radius 1 is 1.17 bits per heavy atom. The van der Waals surface area contributed by atoms with Gasteiger partial charge in [-0.25, -0.2) is 4.98 Å². The van der Waals surface area contributed by atoms with Gasteiger partial charge in [-0.05, 0) is 23.8 Å². The van der Waals surface area contributed by atoms with Crippen LogP contribution in [0.1, 0.15) is 5.56 Å². The van der Waals surface area contributed by atoms with Crippen LogP contribution in [-0.2, 0) is 6.42 Å². The van der Waals surface area contributed by atoms with E-state index in [0.717, 1.165) is 15.5 Å². The van der Waals surface area contributed by atoms with Gasteiger partial charge in [0.05, 0.1) is 0 Å². The van der Waals surface area contributed by atoms with Crippen LogP contribution in [0.25, 0.3) is 0 Å². The molecule has 0 spiro atoms. The molecule has 0 saturated heterocycles. The molecule has 0 aliphatic carbocycles. The lowest BCUT2D eigenvalue weighted by Crippen LogP contribution is -2.04. The van der Waals surface area contributed by atoms with Crippen LogP contribution in [0.3, 0.4) is 0 Å². The smallest absolute Gasteiger partial charge is 0.207 e. The van der Waals surface area contributed by atoms with Crippen LogP contribution >= 0.6 is 11.8 Å². The van der Waals surface area contributed by atoms with Crippen LogP contribution in [0.5, 0.6) is 0 Å². The largest absolute Gasteiger partial charge is 0.265 e. The summed E-state index contributed by atoms with van der Waals surface area (Å²) in [7, 11) is 0. The van der Waals surface area contributed by atoms with Crippen LogP contribution in [0.2, 0.25) is 0 Å². The summed E-state index contributed by atoms with van der Waals surface area (Å²) in [6.45, 7) is -0.0419. The third-order valence-electron chi connectivity index (χ3n) is 2.39. The van der Waals surface area contributed by atoms with E-state index in [4.69, 9.17) is 0 Å². The lowest BCUT2D eigenvalue weighted by Gasteiger charge is -2.06. The van der Waals surface area contributed by atoms with Gasteiger partial charge < -0.3 is 0 Å².